The van der Waals surface area contributed by atoms with E-state index >= 15 is 0 Å². The molecule has 0 saturated heterocycles. The molecule has 1 aromatic heterocycles. The molecule has 1 aromatic rings. The lowest BCUT2D eigenvalue weighted by Crippen LogP contribution is -1.97. The third kappa shape index (κ3) is 1.85. The van der Waals surface area contributed by atoms with E-state index in [9.17, 15) is 5.21 Å². The van der Waals surface area contributed by atoms with Crippen LogP contribution in [0, 0.1) is 5.21 Å². The van der Waals surface area contributed by atoms with Crippen LogP contribution >= 0.6 is 0 Å². The molecule has 1 heterocycles. The van der Waals surface area contributed by atoms with Gasteiger partial charge in [0, 0.05) is 12.4 Å². The van der Waals surface area contributed by atoms with Gasteiger partial charge in [-0.3, -0.25) is 4.98 Å². The number of nitrogens with zero attached hydrogens (tertiary/aromatic N) is 2. The van der Waals surface area contributed by atoms with Crippen LogP contribution in [0.4, 0.5) is 0 Å². The summed E-state index contributed by atoms with van der Waals surface area (Å²) >= 11 is 0. The lowest BCUT2D eigenvalue weighted by Gasteiger charge is -1.93. The van der Waals surface area contributed by atoms with Gasteiger partial charge in [-0.15, -0.1) is 0 Å². The standard InChI is InChI=1S/C7H8N2O/c1-9(10)6-7-3-2-4-8-5-7/h2-6H,1H3/b9-6+. The van der Waals surface area contributed by atoms with Crippen molar-refractivity contribution in [2.75, 3.05) is 7.05 Å². The summed E-state index contributed by atoms with van der Waals surface area (Å²) in [7, 11) is 1.44. The highest BCUT2D eigenvalue weighted by molar-refractivity contribution is 5.74. The fraction of sp³-hybridized carbons (Fsp3) is 0.143. The summed E-state index contributed by atoms with van der Waals surface area (Å²) in [5.74, 6) is 0. The Morgan fingerprint density at radius 2 is 2.50 bits per heavy atom. The molecule has 52 valence electrons. The number of pyridine rings is 1. The molecule has 0 amide bonds. The lowest BCUT2D eigenvalue weighted by molar-refractivity contribution is -0.416. The van der Waals surface area contributed by atoms with Gasteiger partial charge in [0.2, 0.25) is 0 Å². The maximum atomic E-state index is 10.4. The molecule has 0 saturated carbocycles. The van der Waals surface area contributed by atoms with Crippen molar-refractivity contribution in [3.8, 4) is 0 Å². The highest BCUT2D eigenvalue weighted by Crippen LogP contribution is 1.88. The van der Waals surface area contributed by atoms with Crippen LogP contribution in [0.3, 0.4) is 0 Å². The summed E-state index contributed by atoms with van der Waals surface area (Å²) in [6.45, 7) is 0. The first-order valence-corrected chi connectivity index (χ1v) is 2.94. The monoisotopic (exact) mass is 136 g/mol. The Labute approximate surface area is 59.2 Å². The largest absolute Gasteiger partial charge is 0.624 e. The van der Waals surface area contributed by atoms with Crippen LogP contribution in [-0.4, -0.2) is 23.0 Å². The van der Waals surface area contributed by atoms with Crippen LogP contribution in [0.5, 0.6) is 0 Å². The smallest absolute Gasteiger partial charge is 0.183 e. The van der Waals surface area contributed by atoms with Gasteiger partial charge in [0.1, 0.15) is 7.05 Å². The first kappa shape index (κ1) is 6.74. The summed E-state index contributed by atoms with van der Waals surface area (Å²) in [6, 6.07) is 3.61. The van der Waals surface area contributed by atoms with E-state index in [0.717, 1.165) is 10.3 Å². The molecule has 0 aromatic carbocycles. The highest BCUT2D eigenvalue weighted by Gasteiger charge is 1.87. The van der Waals surface area contributed by atoms with Crippen molar-refractivity contribution in [2.45, 2.75) is 0 Å². The molecule has 0 aliphatic heterocycles. The molecular weight excluding hydrogens is 128 g/mol. The van der Waals surface area contributed by atoms with Crippen molar-refractivity contribution in [2.24, 2.45) is 0 Å². The molecule has 3 heteroatoms. The zero-order valence-electron chi connectivity index (χ0n) is 5.69. The van der Waals surface area contributed by atoms with Crippen molar-refractivity contribution in [3.63, 3.8) is 0 Å². The number of aromatic nitrogens is 1. The first-order chi connectivity index (χ1) is 4.79. The van der Waals surface area contributed by atoms with E-state index < -0.39 is 0 Å². The van der Waals surface area contributed by atoms with Gasteiger partial charge in [-0.25, -0.2) is 4.74 Å². The molecule has 0 N–H and O–H groups in total. The van der Waals surface area contributed by atoms with E-state index in [-0.39, 0.29) is 0 Å². The predicted octanol–water partition coefficient (Wildman–Crippen LogP) is 0.641. The van der Waals surface area contributed by atoms with Gasteiger partial charge >= 0.3 is 0 Å². The fourth-order valence-corrected chi connectivity index (χ4v) is 0.662. The molecule has 10 heavy (non-hydrogen) atoms. The zero-order valence-corrected chi connectivity index (χ0v) is 5.69. The SMILES string of the molecule is C/[N+]([O-])=C\c1cccnc1. The van der Waals surface area contributed by atoms with Crippen LogP contribution in [-0.2, 0) is 0 Å². The van der Waals surface area contributed by atoms with Crippen LogP contribution in [0.2, 0.25) is 0 Å². The average Bonchev–Trinajstić information content (AvgIpc) is 1.88. The molecule has 0 aliphatic rings. The van der Waals surface area contributed by atoms with E-state index in [4.69, 9.17) is 0 Å². The summed E-state index contributed by atoms with van der Waals surface area (Å²) < 4.78 is 0.747. The summed E-state index contributed by atoms with van der Waals surface area (Å²) in [5, 5.41) is 10.4. The van der Waals surface area contributed by atoms with E-state index in [2.05, 4.69) is 4.98 Å². The van der Waals surface area contributed by atoms with Crippen LogP contribution < -0.4 is 0 Å². The number of hydrogen-bond acceptors (Lipinski definition) is 2. The molecular formula is C7H8N2O. The Bertz CT molecular complexity index is 227. The van der Waals surface area contributed by atoms with Crippen molar-refractivity contribution in [3.05, 3.63) is 35.3 Å². The molecule has 0 atom stereocenters. The van der Waals surface area contributed by atoms with Crippen LogP contribution in [0.15, 0.2) is 24.5 Å². The summed E-state index contributed by atoms with van der Waals surface area (Å²) in [5.41, 5.74) is 0.819. The number of hydrogen-bond donors (Lipinski definition) is 0. The molecule has 1 rings (SSSR count). The molecule has 0 bridgehead atoms. The second-order valence-corrected chi connectivity index (χ2v) is 1.96. The number of rotatable bonds is 1. The third-order valence-electron chi connectivity index (χ3n) is 1.02. The van der Waals surface area contributed by atoms with Gasteiger partial charge in [0.25, 0.3) is 0 Å². The Balaban J connectivity index is 2.87. The Morgan fingerprint density at radius 1 is 1.70 bits per heavy atom. The van der Waals surface area contributed by atoms with Crippen molar-refractivity contribution >= 4 is 6.21 Å². The second-order valence-electron chi connectivity index (χ2n) is 1.96. The first-order valence-electron chi connectivity index (χ1n) is 2.94. The van der Waals surface area contributed by atoms with Gasteiger partial charge in [0.15, 0.2) is 6.21 Å². The Morgan fingerprint density at radius 3 is 3.00 bits per heavy atom. The molecule has 0 spiro atoms. The molecule has 0 unspecified atom stereocenters. The lowest BCUT2D eigenvalue weighted by atomic mass is 10.3. The van der Waals surface area contributed by atoms with E-state index in [1.54, 1.807) is 18.5 Å². The Kier molecular flexibility index (Phi) is 1.99. The minimum absolute atomic E-state index is 0.747. The maximum Gasteiger partial charge on any atom is 0.183 e. The van der Waals surface area contributed by atoms with E-state index in [1.807, 2.05) is 6.07 Å². The van der Waals surface area contributed by atoms with Crippen molar-refractivity contribution in [1.82, 2.24) is 4.98 Å². The summed E-state index contributed by atoms with van der Waals surface area (Å²) in [4.78, 5) is 3.84. The van der Waals surface area contributed by atoms with Gasteiger partial charge < -0.3 is 5.21 Å². The topological polar surface area (TPSA) is 39.0 Å². The minimum atomic E-state index is 0.747. The van der Waals surface area contributed by atoms with Crippen molar-refractivity contribution < 1.29 is 4.74 Å². The van der Waals surface area contributed by atoms with Gasteiger partial charge in [0.05, 0.1) is 5.56 Å². The normalized spacial score (nSPS) is 11.5. The average molecular weight is 136 g/mol. The van der Waals surface area contributed by atoms with Crippen LogP contribution in [0.25, 0.3) is 0 Å². The van der Waals surface area contributed by atoms with Gasteiger partial charge in [-0.1, -0.05) is 0 Å². The number of hydroxylamine groups is 1. The highest BCUT2D eigenvalue weighted by atomic mass is 16.5. The molecule has 0 radical (unpaired) electrons. The predicted molar refractivity (Wildman–Crippen MR) is 39.0 cm³/mol. The maximum absolute atomic E-state index is 10.4. The third-order valence-corrected chi connectivity index (χ3v) is 1.02. The van der Waals surface area contributed by atoms with E-state index in [0.29, 0.717) is 0 Å². The zero-order chi connectivity index (χ0) is 7.40. The van der Waals surface area contributed by atoms with Crippen LogP contribution in [0.1, 0.15) is 5.56 Å². The molecule has 0 fully saturated rings. The fourth-order valence-electron chi connectivity index (χ4n) is 0.662. The summed E-state index contributed by atoms with van der Waals surface area (Å²) in [6.07, 6.45) is 4.77. The Hall–Kier alpha value is -1.38. The molecule has 0 aliphatic carbocycles. The van der Waals surface area contributed by atoms with E-state index in [1.165, 1.54) is 13.3 Å². The van der Waals surface area contributed by atoms with Gasteiger partial charge in [-0.2, -0.15) is 0 Å². The quantitative estimate of drug-likeness (QED) is 0.246. The van der Waals surface area contributed by atoms with Crippen molar-refractivity contribution in [1.29, 1.82) is 0 Å². The minimum Gasteiger partial charge on any atom is -0.624 e. The molecule has 3 nitrogen and oxygen atoms in total. The van der Waals surface area contributed by atoms with Gasteiger partial charge in [-0.05, 0) is 12.1 Å². The second kappa shape index (κ2) is 2.96.